The summed E-state index contributed by atoms with van der Waals surface area (Å²) in [4.78, 5) is 11.0. The quantitative estimate of drug-likeness (QED) is 0.809. The zero-order valence-electron chi connectivity index (χ0n) is 9.63. The number of hydrogen-bond donors (Lipinski definition) is 1. The topological polar surface area (TPSA) is 38.3 Å². The first-order valence-electron chi connectivity index (χ1n) is 5.04. The van der Waals surface area contributed by atoms with Gasteiger partial charge in [0.05, 0.1) is 0 Å². The minimum Gasteiger partial charge on any atom is -0.410 e. The van der Waals surface area contributed by atoms with E-state index in [4.69, 9.17) is 4.74 Å². The van der Waals surface area contributed by atoms with Gasteiger partial charge >= 0.3 is 6.09 Å². The molecule has 1 rings (SSSR count). The van der Waals surface area contributed by atoms with E-state index in [1.165, 1.54) is 5.56 Å². The van der Waals surface area contributed by atoms with Crippen LogP contribution >= 0.6 is 0 Å². The van der Waals surface area contributed by atoms with Crippen molar-refractivity contribution in [1.29, 1.82) is 0 Å². The first-order chi connectivity index (χ1) is 7.04. The molecular formula is C12H17NO2. The first-order valence-corrected chi connectivity index (χ1v) is 5.04. The molecule has 0 aliphatic rings. The molecule has 82 valence electrons. The Kier molecular flexibility index (Phi) is 3.72. The lowest BCUT2D eigenvalue weighted by molar-refractivity contribution is 0.202. The van der Waals surface area contributed by atoms with Gasteiger partial charge in [0.15, 0.2) is 0 Å². The summed E-state index contributed by atoms with van der Waals surface area (Å²) in [5.74, 6) is 1.09. The number of amides is 1. The minimum atomic E-state index is -0.435. The molecule has 1 N–H and O–H groups in total. The molecule has 0 atom stereocenters. The number of nitrogens with one attached hydrogen (secondary N) is 1. The van der Waals surface area contributed by atoms with Crippen LogP contribution in [0.25, 0.3) is 0 Å². The van der Waals surface area contributed by atoms with Gasteiger partial charge < -0.3 is 10.1 Å². The fourth-order valence-electron chi connectivity index (χ4n) is 1.30. The second-order valence-corrected chi connectivity index (χ2v) is 3.82. The molecule has 0 saturated heterocycles. The second kappa shape index (κ2) is 4.82. The molecule has 3 nitrogen and oxygen atoms in total. The van der Waals surface area contributed by atoms with Crippen molar-refractivity contribution < 1.29 is 9.53 Å². The Labute approximate surface area is 90.4 Å². The van der Waals surface area contributed by atoms with Crippen molar-refractivity contribution in [2.75, 3.05) is 7.05 Å². The molecule has 0 aromatic heterocycles. The normalized spacial score (nSPS) is 10.2. The molecule has 0 spiro atoms. The van der Waals surface area contributed by atoms with E-state index in [1.54, 1.807) is 7.05 Å². The Bertz CT molecular complexity index is 359. The molecule has 0 heterocycles. The van der Waals surface area contributed by atoms with Gasteiger partial charge in [0, 0.05) is 7.05 Å². The van der Waals surface area contributed by atoms with Crippen LogP contribution in [0.2, 0.25) is 0 Å². The van der Waals surface area contributed by atoms with Crippen LogP contribution in [-0.2, 0) is 0 Å². The number of rotatable bonds is 2. The highest BCUT2D eigenvalue weighted by molar-refractivity contribution is 5.70. The van der Waals surface area contributed by atoms with Crippen LogP contribution in [-0.4, -0.2) is 13.1 Å². The lowest BCUT2D eigenvalue weighted by Gasteiger charge is -2.10. The lowest BCUT2D eigenvalue weighted by atomic mass is 10.0. The van der Waals surface area contributed by atoms with Crippen LogP contribution in [0.15, 0.2) is 18.2 Å². The van der Waals surface area contributed by atoms with Crippen molar-refractivity contribution in [3.8, 4) is 5.75 Å². The zero-order valence-corrected chi connectivity index (χ0v) is 9.63. The molecule has 0 aliphatic heterocycles. The van der Waals surface area contributed by atoms with Crippen LogP contribution in [0.3, 0.4) is 0 Å². The van der Waals surface area contributed by atoms with Crippen molar-refractivity contribution in [3.63, 3.8) is 0 Å². The monoisotopic (exact) mass is 207 g/mol. The van der Waals surface area contributed by atoms with Crippen molar-refractivity contribution >= 4 is 6.09 Å². The van der Waals surface area contributed by atoms with E-state index in [0.717, 1.165) is 5.56 Å². The fourth-order valence-corrected chi connectivity index (χ4v) is 1.30. The van der Waals surface area contributed by atoms with Crippen LogP contribution in [0.1, 0.15) is 30.9 Å². The Morgan fingerprint density at radius 2 is 2.07 bits per heavy atom. The summed E-state index contributed by atoms with van der Waals surface area (Å²) >= 11 is 0. The molecule has 0 bridgehead atoms. The highest BCUT2D eigenvalue weighted by atomic mass is 16.6. The van der Waals surface area contributed by atoms with Gasteiger partial charge in [-0.2, -0.15) is 0 Å². The summed E-state index contributed by atoms with van der Waals surface area (Å²) in [6.45, 7) is 6.20. The van der Waals surface area contributed by atoms with E-state index in [2.05, 4.69) is 19.2 Å². The molecule has 1 aromatic carbocycles. The first kappa shape index (κ1) is 11.6. The fraction of sp³-hybridized carbons (Fsp3) is 0.417. The third-order valence-electron chi connectivity index (χ3n) is 2.27. The van der Waals surface area contributed by atoms with Gasteiger partial charge in [0.25, 0.3) is 0 Å². The van der Waals surface area contributed by atoms with Crippen LogP contribution in [0, 0.1) is 6.92 Å². The highest BCUT2D eigenvalue weighted by Crippen LogP contribution is 2.23. The van der Waals surface area contributed by atoms with Gasteiger partial charge in [-0.15, -0.1) is 0 Å². The van der Waals surface area contributed by atoms with E-state index in [0.29, 0.717) is 11.7 Å². The number of aryl methyl sites for hydroxylation is 1. The van der Waals surface area contributed by atoms with E-state index >= 15 is 0 Å². The smallest absolute Gasteiger partial charge is 0.410 e. The minimum absolute atomic E-state index is 0.435. The standard InChI is InChI=1S/C12H17NO2/c1-8(2)10-5-6-11(9(3)7-10)15-12(14)13-4/h5-8H,1-4H3,(H,13,14). The van der Waals surface area contributed by atoms with Gasteiger partial charge in [-0.3, -0.25) is 0 Å². The molecule has 0 unspecified atom stereocenters. The number of ether oxygens (including phenoxy) is 1. The molecule has 0 saturated carbocycles. The predicted octanol–water partition coefficient (Wildman–Crippen LogP) is 2.84. The summed E-state index contributed by atoms with van der Waals surface area (Å²) in [6, 6.07) is 5.86. The Morgan fingerprint density at radius 3 is 2.53 bits per heavy atom. The maximum atomic E-state index is 11.0. The lowest BCUT2D eigenvalue weighted by Crippen LogP contribution is -2.22. The summed E-state index contributed by atoms with van der Waals surface area (Å²) in [7, 11) is 1.54. The van der Waals surface area contributed by atoms with E-state index in [-0.39, 0.29) is 0 Å². The van der Waals surface area contributed by atoms with E-state index < -0.39 is 6.09 Å². The Balaban J connectivity index is 2.88. The maximum Gasteiger partial charge on any atom is 0.412 e. The molecule has 0 radical (unpaired) electrons. The number of carbonyl (C=O) groups excluding carboxylic acids is 1. The number of hydrogen-bond acceptors (Lipinski definition) is 2. The largest absolute Gasteiger partial charge is 0.412 e. The van der Waals surface area contributed by atoms with Crippen LogP contribution in [0.4, 0.5) is 4.79 Å². The molecule has 1 aromatic rings. The molecule has 0 aliphatic carbocycles. The van der Waals surface area contributed by atoms with Crippen molar-refractivity contribution in [3.05, 3.63) is 29.3 Å². The van der Waals surface area contributed by atoms with Crippen molar-refractivity contribution in [2.45, 2.75) is 26.7 Å². The third kappa shape index (κ3) is 2.98. The highest BCUT2D eigenvalue weighted by Gasteiger charge is 2.06. The summed E-state index contributed by atoms with van der Waals surface area (Å²) in [6.07, 6.45) is -0.435. The maximum absolute atomic E-state index is 11.0. The third-order valence-corrected chi connectivity index (χ3v) is 2.27. The van der Waals surface area contributed by atoms with E-state index in [1.807, 2.05) is 25.1 Å². The zero-order chi connectivity index (χ0) is 11.4. The van der Waals surface area contributed by atoms with Gasteiger partial charge in [-0.25, -0.2) is 4.79 Å². The molecule has 1 amide bonds. The molecular weight excluding hydrogens is 190 g/mol. The van der Waals surface area contributed by atoms with Gasteiger partial charge in [-0.1, -0.05) is 26.0 Å². The molecule has 3 heteroatoms. The summed E-state index contributed by atoms with van der Waals surface area (Å²) < 4.78 is 5.08. The predicted molar refractivity (Wildman–Crippen MR) is 60.4 cm³/mol. The Hall–Kier alpha value is -1.51. The SMILES string of the molecule is CNC(=O)Oc1ccc(C(C)C)cc1C. The average Bonchev–Trinajstić information content (AvgIpc) is 2.20. The molecule has 0 fully saturated rings. The van der Waals surface area contributed by atoms with Gasteiger partial charge in [0.1, 0.15) is 5.75 Å². The van der Waals surface area contributed by atoms with E-state index in [9.17, 15) is 4.79 Å². The van der Waals surface area contributed by atoms with Crippen molar-refractivity contribution in [1.82, 2.24) is 5.32 Å². The summed E-state index contributed by atoms with van der Waals surface area (Å²) in [5, 5.41) is 2.42. The second-order valence-electron chi connectivity index (χ2n) is 3.82. The molecule has 15 heavy (non-hydrogen) atoms. The Morgan fingerprint density at radius 1 is 1.40 bits per heavy atom. The van der Waals surface area contributed by atoms with Crippen LogP contribution < -0.4 is 10.1 Å². The van der Waals surface area contributed by atoms with Gasteiger partial charge in [-0.05, 0) is 30.0 Å². The summed E-state index contributed by atoms with van der Waals surface area (Å²) in [5.41, 5.74) is 2.22. The average molecular weight is 207 g/mol. The number of carbonyl (C=O) groups is 1. The number of benzene rings is 1. The van der Waals surface area contributed by atoms with Crippen molar-refractivity contribution in [2.24, 2.45) is 0 Å². The van der Waals surface area contributed by atoms with Crippen LogP contribution in [0.5, 0.6) is 5.75 Å². The van der Waals surface area contributed by atoms with Gasteiger partial charge in [0.2, 0.25) is 0 Å².